The zero-order valence-corrected chi connectivity index (χ0v) is 12.4. The van der Waals surface area contributed by atoms with Gasteiger partial charge in [0.15, 0.2) is 5.60 Å². The average Bonchev–Trinajstić information content (AvgIpc) is 2.42. The second kappa shape index (κ2) is 5.75. The third-order valence-corrected chi connectivity index (χ3v) is 4.30. The van der Waals surface area contributed by atoms with Gasteiger partial charge in [0.2, 0.25) is 0 Å². The van der Waals surface area contributed by atoms with Crippen molar-refractivity contribution in [3.63, 3.8) is 0 Å². The van der Waals surface area contributed by atoms with Crippen molar-refractivity contribution in [2.45, 2.75) is 38.2 Å². The molecule has 0 N–H and O–H groups in total. The van der Waals surface area contributed by atoms with Crippen molar-refractivity contribution in [2.75, 3.05) is 0 Å². The van der Waals surface area contributed by atoms with Crippen LogP contribution >= 0.6 is 15.9 Å². The summed E-state index contributed by atoms with van der Waals surface area (Å²) in [5.74, 6) is -0.326. The molecule has 1 saturated carbocycles. The predicted molar refractivity (Wildman–Crippen MR) is 75.5 cm³/mol. The highest BCUT2D eigenvalue weighted by molar-refractivity contribution is 9.10. The monoisotopic (exact) mass is 321 g/mol. The van der Waals surface area contributed by atoms with E-state index in [1.54, 1.807) is 24.3 Å². The van der Waals surface area contributed by atoms with Crippen LogP contribution in [0.15, 0.2) is 28.7 Å². The van der Waals surface area contributed by atoms with E-state index in [2.05, 4.69) is 22.0 Å². The molecular weight excluding hydrogens is 306 g/mol. The Kier molecular flexibility index (Phi) is 4.26. The molecule has 2 rings (SSSR count). The summed E-state index contributed by atoms with van der Waals surface area (Å²) in [6.07, 6.45) is 3.60. The van der Waals surface area contributed by atoms with Gasteiger partial charge in [-0.1, -0.05) is 29.3 Å². The molecule has 0 bridgehead atoms. The highest BCUT2D eigenvalue weighted by atomic mass is 79.9. The molecule has 0 aromatic heterocycles. The lowest BCUT2D eigenvalue weighted by Crippen LogP contribution is -2.42. The number of nitriles is 1. The number of carbonyl (C=O) groups excluding carboxylic acids is 1. The van der Waals surface area contributed by atoms with Crippen LogP contribution in [0.1, 0.15) is 43.0 Å². The van der Waals surface area contributed by atoms with Crippen LogP contribution in [0.5, 0.6) is 0 Å². The molecular formula is C15H16BrNO2. The fourth-order valence-corrected chi connectivity index (χ4v) is 2.73. The fourth-order valence-electron chi connectivity index (χ4n) is 2.47. The largest absolute Gasteiger partial charge is 0.440 e. The van der Waals surface area contributed by atoms with Gasteiger partial charge < -0.3 is 4.74 Å². The number of benzene rings is 1. The average molecular weight is 322 g/mol. The van der Waals surface area contributed by atoms with Crippen LogP contribution in [0.2, 0.25) is 0 Å². The van der Waals surface area contributed by atoms with Gasteiger partial charge in [0.05, 0.1) is 5.56 Å². The van der Waals surface area contributed by atoms with Crippen LogP contribution in [-0.4, -0.2) is 11.6 Å². The van der Waals surface area contributed by atoms with E-state index >= 15 is 0 Å². The zero-order chi connectivity index (χ0) is 13.9. The normalized spacial score (nSPS) is 26.5. The number of hydrogen-bond acceptors (Lipinski definition) is 3. The lowest BCUT2D eigenvalue weighted by atomic mass is 9.77. The van der Waals surface area contributed by atoms with E-state index in [0.717, 1.165) is 23.7 Å². The summed E-state index contributed by atoms with van der Waals surface area (Å²) in [4.78, 5) is 12.1. The van der Waals surface area contributed by atoms with E-state index < -0.39 is 11.6 Å². The first-order chi connectivity index (χ1) is 9.07. The number of esters is 1. The molecule has 0 spiro atoms. The van der Waals surface area contributed by atoms with Crippen LogP contribution in [-0.2, 0) is 4.74 Å². The lowest BCUT2D eigenvalue weighted by Gasteiger charge is -2.36. The molecule has 1 aromatic rings. The second-order valence-corrected chi connectivity index (χ2v) is 5.96. The summed E-state index contributed by atoms with van der Waals surface area (Å²) in [6, 6.07) is 9.21. The number of halogens is 1. The van der Waals surface area contributed by atoms with Crippen LogP contribution in [0.4, 0.5) is 0 Å². The van der Waals surface area contributed by atoms with Gasteiger partial charge in [0.1, 0.15) is 6.07 Å². The van der Waals surface area contributed by atoms with E-state index in [0.29, 0.717) is 12.0 Å². The maximum Gasteiger partial charge on any atom is 0.339 e. The van der Waals surface area contributed by atoms with Crippen LogP contribution in [0, 0.1) is 17.2 Å². The van der Waals surface area contributed by atoms with Gasteiger partial charge in [-0.3, -0.25) is 0 Å². The molecule has 3 nitrogen and oxygen atoms in total. The first-order valence-corrected chi connectivity index (χ1v) is 7.27. The number of carbonyl (C=O) groups is 1. The lowest BCUT2D eigenvalue weighted by molar-refractivity contribution is -0.0322. The minimum Gasteiger partial charge on any atom is -0.440 e. The SMILES string of the molecule is C[C@@H]1CCCC[C@]1(C#N)OC(=O)c1ccc(Br)cc1. The number of ether oxygens (including phenoxy) is 1. The van der Waals surface area contributed by atoms with Gasteiger partial charge in [-0.25, -0.2) is 4.79 Å². The molecule has 19 heavy (non-hydrogen) atoms. The maximum absolute atomic E-state index is 12.1. The quantitative estimate of drug-likeness (QED) is 0.771. The van der Waals surface area contributed by atoms with E-state index in [1.165, 1.54) is 0 Å². The van der Waals surface area contributed by atoms with Crippen molar-refractivity contribution in [3.8, 4) is 6.07 Å². The Morgan fingerprint density at radius 1 is 1.42 bits per heavy atom. The molecule has 1 aromatic carbocycles. The van der Waals surface area contributed by atoms with Crippen LogP contribution < -0.4 is 0 Å². The van der Waals surface area contributed by atoms with Crippen molar-refractivity contribution in [3.05, 3.63) is 34.3 Å². The molecule has 0 aliphatic heterocycles. The number of rotatable bonds is 2. The predicted octanol–water partition coefficient (Wildman–Crippen LogP) is 4.08. The van der Waals surface area contributed by atoms with Crippen molar-refractivity contribution in [2.24, 2.45) is 5.92 Å². The zero-order valence-electron chi connectivity index (χ0n) is 10.9. The van der Waals surface area contributed by atoms with Crippen molar-refractivity contribution in [1.29, 1.82) is 5.26 Å². The van der Waals surface area contributed by atoms with E-state index in [9.17, 15) is 10.1 Å². The Morgan fingerprint density at radius 3 is 2.68 bits per heavy atom. The van der Waals surface area contributed by atoms with Crippen molar-refractivity contribution >= 4 is 21.9 Å². The van der Waals surface area contributed by atoms with E-state index in [-0.39, 0.29) is 5.92 Å². The topological polar surface area (TPSA) is 50.1 Å². The van der Waals surface area contributed by atoms with Gasteiger partial charge in [0.25, 0.3) is 0 Å². The van der Waals surface area contributed by atoms with Crippen molar-refractivity contribution in [1.82, 2.24) is 0 Å². The first kappa shape index (κ1) is 14.1. The molecule has 4 heteroatoms. The number of nitrogens with zero attached hydrogens (tertiary/aromatic N) is 1. The molecule has 0 saturated heterocycles. The maximum atomic E-state index is 12.1. The Balaban J connectivity index is 2.16. The summed E-state index contributed by atoms with van der Waals surface area (Å²) in [5.41, 5.74) is -0.474. The summed E-state index contributed by atoms with van der Waals surface area (Å²) in [7, 11) is 0. The van der Waals surface area contributed by atoms with Gasteiger partial charge in [-0.05, 0) is 37.1 Å². The molecule has 1 aliphatic rings. The molecule has 0 amide bonds. The fraction of sp³-hybridized carbons (Fsp3) is 0.467. The highest BCUT2D eigenvalue weighted by Gasteiger charge is 2.42. The molecule has 0 unspecified atom stereocenters. The number of hydrogen-bond donors (Lipinski definition) is 0. The minimum atomic E-state index is -0.956. The van der Waals surface area contributed by atoms with Crippen LogP contribution in [0.3, 0.4) is 0 Å². The molecule has 100 valence electrons. The third-order valence-electron chi connectivity index (χ3n) is 3.78. The Labute approximate surface area is 121 Å². The highest BCUT2D eigenvalue weighted by Crippen LogP contribution is 2.36. The molecule has 0 heterocycles. The second-order valence-electron chi connectivity index (χ2n) is 5.04. The van der Waals surface area contributed by atoms with E-state index in [1.807, 2.05) is 6.92 Å². The Morgan fingerprint density at radius 2 is 2.11 bits per heavy atom. The van der Waals surface area contributed by atoms with Crippen LogP contribution in [0.25, 0.3) is 0 Å². The Hall–Kier alpha value is -1.34. The summed E-state index contributed by atoms with van der Waals surface area (Å²) in [6.45, 7) is 1.98. The van der Waals surface area contributed by atoms with E-state index in [4.69, 9.17) is 4.74 Å². The third kappa shape index (κ3) is 2.98. The molecule has 1 aliphatic carbocycles. The standard InChI is InChI=1S/C15H16BrNO2/c1-11-4-2-3-9-15(11,10-17)19-14(18)12-5-7-13(16)8-6-12/h5-8,11H,2-4,9H2,1H3/t11-,15-/m1/s1. The van der Waals surface area contributed by atoms with Gasteiger partial charge in [0, 0.05) is 16.8 Å². The molecule has 2 atom stereocenters. The first-order valence-electron chi connectivity index (χ1n) is 6.47. The minimum absolute atomic E-state index is 0.0886. The summed E-state index contributed by atoms with van der Waals surface area (Å²) < 4.78 is 6.46. The molecule has 0 radical (unpaired) electrons. The molecule has 1 fully saturated rings. The van der Waals surface area contributed by atoms with Crippen molar-refractivity contribution < 1.29 is 9.53 Å². The van der Waals surface area contributed by atoms with Gasteiger partial charge in [-0.15, -0.1) is 0 Å². The van der Waals surface area contributed by atoms with Gasteiger partial charge in [-0.2, -0.15) is 5.26 Å². The summed E-state index contributed by atoms with van der Waals surface area (Å²) in [5, 5.41) is 9.42. The van der Waals surface area contributed by atoms with Gasteiger partial charge >= 0.3 is 5.97 Å². The summed E-state index contributed by atoms with van der Waals surface area (Å²) >= 11 is 3.32. The Bertz CT molecular complexity index is 506. The smallest absolute Gasteiger partial charge is 0.339 e.